The van der Waals surface area contributed by atoms with Gasteiger partial charge < -0.3 is 56.4 Å². The molecular formula is C19H20FN7O9. The first kappa shape index (κ1) is 23.5. The first-order chi connectivity index (χ1) is 16.9. The topological polar surface area (TPSA) is 252 Å². The predicted molar refractivity (Wildman–Crippen MR) is 114 cm³/mol. The van der Waals surface area contributed by atoms with Crippen LogP contribution in [0.2, 0.25) is 0 Å². The lowest BCUT2D eigenvalue weighted by atomic mass is 10.0. The van der Waals surface area contributed by atoms with Crippen molar-refractivity contribution in [2.45, 2.75) is 24.0 Å². The molecule has 3 unspecified atom stereocenters. The van der Waals surface area contributed by atoms with Gasteiger partial charge >= 0.3 is 0 Å². The van der Waals surface area contributed by atoms with E-state index >= 15 is 0 Å². The minimum absolute atomic E-state index is 0.193. The van der Waals surface area contributed by atoms with Gasteiger partial charge in [-0.2, -0.15) is 9.37 Å². The Balaban J connectivity index is 1.81. The Morgan fingerprint density at radius 2 is 1.94 bits per heavy atom. The quantitative estimate of drug-likeness (QED) is 0.137. The molecule has 0 aliphatic carbocycles. The van der Waals surface area contributed by atoms with Crippen LogP contribution in [0.1, 0.15) is 22.0 Å². The second kappa shape index (κ2) is 7.92. The lowest BCUT2D eigenvalue weighted by Gasteiger charge is -2.30. The summed E-state index contributed by atoms with van der Waals surface area (Å²) in [6.07, 6.45) is -2.25. The van der Waals surface area contributed by atoms with Gasteiger partial charge in [0.1, 0.15) is 18.3 Å². The molecular weight excluding hydrogens is 489 g/mol. The number of hydrogen-bond donors (Lipinski definition) is 9. The number of hydrogen-bond acceptors (Lipinski definition) is 14. The molecule has 2 aliphatic rings. The third-order valence-electron chi connectivity index (χ3n) is 5.90. The lowest BCUT2D eigenvalue weighted by molar-refractivity contribution is -0.176. The molecule has 1 amide bonds. The maximum atomic E-state index is 14.5. The summed E-state index contributed by atoms with van der Waals surface area (Å²) in [5, 5.41) is 78.8. The molecule has 10 N–H and O–H groups in total. The van der Waals surface area contributed by atoms with Crippen LogP contribution in [0.4, 0.5) is 16.0 Å². The molecule has 17 heteroatoms. The number of nitrogen functional groups attached to an aromatic ring is 1. The van der Waals surface area contributed by atoms with Gasteiger partial charge in [-0.25, -0.2) is 9.50 Å². The average Bonchev–Trinajstić information content (AvgIpc) is 3.28. The number of carbonyl (C=O) groups is 1. The summed E-state index contributed by atoms with van der Waals surface area (Å²) in [7, 11) is 0. The summed E-state index contributed by atoms with van der Waals surface area (Å²) in [5.41, 5.74) is 4.76. The second-order valence-corrected chi connectivity index (χ2v) is 8.40. The highest BCUT2D eigenvalue weighted by molar-refractivity contribution is 6.04. The van der Waals surface area contributed by atoms with Gasteiger partial charge in [-0.3, -0.25) is 4.79 Å². The zero-order chi connectivity index (χ0) is 26.1. The summed E-state index contributed by atoms with van der Waals surface area (Å²) in [6, 6.07) is -1.59. The van der Waals surface area contributed by atoms with Gasteiger partial charge in [0.2, 0.25) is 17.5 Å². The molecule has 0 aromatic carbocycles. The van der Waals surface area contributed by atoms with Gasteiger partial charge in [0.15, 0.2) is 28.8 Å². The highest BCUT2D eigenvalue weighted by Crippen LogP contribution is 2.47. The fourth-order valence-electron chi connectivity index (χ4n) is 4.22. The monoisotopic (exact) mass is 509 g/mol. The third-order valence-corrected chi connectivity index (χ3v) is 5.90. The summed E-state index contributed by atoms with van der Waals surface area (Å²) in [4.78, 5) is 21.6. The van der Waals surface area contributed by atoms with Crippen LogP contribution in [0.25, 0.3) is 5.65 Å². The van der Waals surface area contributed by atoms with Gasteiger partial charge in [0.25, 0.3) is 11.8 Å². The largest absolute Gasteiger partial charge is 0.504 e. The highest BCUT2D eigenvalue weighted by Gasteiger charge is 2.47. The van der Waals surface area contributed by atoms with E-state index in [0.717, 1.165) is 15.6 Å². The van der Waals surface area contributed by atoms with Crippen LogP contribution in [-0.4, -0.2) is 98.9 Å². The fourth-order valence-corrected chi connectivity index (χ4v) is 4.22. The van der Waals surface area contributed by atoms with Crippen molar-refractivity contribution < 1.29 is 49.7 Å². The van der Waals surface area contributed by atoms with E-state index in [9.17, 15) is 44.9 Å². The third kappa shape index (κ3) is 3.52. The second-order valence-electron chi connectivity index (χ2n) is 8.40. The van der Waals surface area contributed by atoms with Crippen LogP contribution in [0, 0.1) is 5.82 Å². The molecule has 16 nitrogen and oxygen atoms in total. The summed E-state index contributed by atoms with van der Waals surface area (Å²) in [6.45, 7) is -2.26. The smallest absolute Gasteiger partial charge is 0.259 e. The molecule has 1 fully saturated rings. The van der Waals surface area contributed by atoms with Gasteiger partial charge in [-0.15, -0.1) is 5.10 Å². The number of carbonyl (C=O) groups excluding carboxylic acids is 1. The van der Waals surface area contributed by atoms with Crippen LogP contribution in [-0.2, 0) is 0 Å². The number of pyridine rings is 1. The van der Waals surface area contributed by atoms with E-state index in [1.807, 2.05) is 0 Å². The number of β-amino-alcohol motifs (C(OH)–C–C–N with tert-alkyl or cyclic N) is 2. The van der Waals surface area contributed by atoms with Crippen LogP contribution in [0.3, 0.4) is 0 Å². The maximum Gasteiger partial charge on any atom is 0.259 e. The number of aliphatic hydroxyl groups is 4. The van der Waals surface area contributed by atoms with Crippen molar-refractivity contribution in [2.75, 3.05) is 30.3 Å². The Labute approximate surface area is 199 Å². The molecule has 2 aliphatic heterocycles. The Kier molecular flexibility index (Phi) is 5.18. The standard InChI is InChI=1S/C19H20FN7O9/c20-9-12(31)7-10-11(30)5(28)1-26(10)14-6(29)2-27-15(23-14)8(13(21)25-27)16(32)22-3-19(34,35)4-36-18(7)24-17(9)33/h2,5,10-11,28-30,34-35H,1,3-4H2,(H2,21,25)(H,22,32)(H2,24,31,33). The summed E-state index contributed by atoms with van der Waals surface area (Å²) >= 11 is 0. The van der Waals surface area contributed by atoms with Crippen molar-refractivity contribution in [3.63, 3.8) is 0 Å². The zero-order valence-corrected chi connectivity index (χ0v) is 18.1. The molecule has 3 atom stereocenters. The molecule has 192 valence electrons. The van der Waals surface area contributed by atoms with E-state index in [1.54, 1.807) is 0 Å². The normalized spacial score (nSPS) is 23.6. The van der Waals surface area contributed by atoms with Crippen molar-refractivity contribution in [2.24, 2.45) is 0 Å². The number of nitrogens with two attached hydrogens (primary N) is 1. The molecule has 1 saturated heterocycles. The number of halogens is 1. The Hall–Kier alpha value is -4.19. The first-order valence-electron chi connectivity index (χ1n) is 10.4. The van der Waals surface area contributed by atoms with E-state index in [4.69, 9.17) is 10.5 Å². The Bertz CT molecular complexity index is 1400. The number of anilines is 2. The average molecular weight is 509 g/mol. The van der Waals surface area contributed by atoms with Gasteiger partial charge in [0.05, 0.1) is 30.5 Å². The summed E-state index contributed by atoms with van der Waals surface area (Å²) in [5.74, 6) is -9.71. The Morgan fingerprint density at radius 1 is 1.22 bits per heavy atom. The number of nitrogens with one attached hydrogen (secondary N) is 1. The predicted octanol–water partition coefficient (Wildman–Crippen LogP) is -2.95. The molecule has 36 heavy (non-hydrogen) atoms. The molecule has 0 radical (unpaired) electrons. The van der Waals surface area contributed by atoms with Gasteiger partial charge in [0, 0.05) is 6.54 Å². The van der Waals surface area contributed by atoms with Gasteiger partial charge in [-0.05, 0) is 0 Å². The number of rotatable bonds is 0. The Morgan fingerprint density at radius 3 is 2.67 bits per heavy atom. The molecule has 5 heterocycles. The number of ether oxygens (including phenoxy) is 1. The molecule has 2 bridgehead atoms. The van der Waals surface area contributed by atoms with E-state index in [-0.39, 0.29) is 22.8 Å². The van der Waals surface area contributed by atoms with E-state index < -0.39 is 84.3 Å². The van der Waals surface area contributed by atoms with Crippen LogP contribution in [0.5, 0.6) is 23.3 Å². The van der Waals surface area contributed by atoms with E-state index in [2.05, 4.69) is 20.4 Å². The van der Waals surface area contributed by atoms with Gasteiger partial charge in [-0.1, -0.05) is 0 Å². The molecule has 0 saturated carbocycles. The minimum atomic E-state index is -2.75. The molecule has 0 spiro atoms. The molecule has 3 aromatic heterocycles. The maximum absolute atomic E-state index is 14.5. The number of aliphatic hydroxyl groups excluding tert-OH is 2. The number of aromatic hydroxyl groups is 3. The summed E-state index contributed by atoms with van der Waals surface area (Å²) < 4.78 is 20.7. The lowest BCUT2D eigenvalue weighted by Crippen LogP contribution is -2.47. The highest BCUT2D eigenvalue weighted by atomic mass is 19.1. The van der Waals surface area contributed by atoms with Crippen LogP contribution < -0.4 is 20.7 Å². The van der Waals surface area contributed by atoms with Crippen LogP contribution in [0.15, 0.2) is 6.20 Å². The molecule has 3 aromatic rings. The minimum Gasteiger partial charge on any atom is -0.504 e. The van der Waals surface area contributed by atoms with E-state index in [0.29, 0.717) is 0 Å². The number of nitrogens with zero attached hydrogens (tertiary/aromatic N) is 5. The zero-order valence-electron chi connectivity index (χ0n) is 18.1. The number of amides is 1. The molecule has 5 rings (SSSR count). The van der Waals surface area contributed by atoms with Crippen LogP contribution >= 0.6 is 0 Å². The van der Waals surface area contributed by atoms with Crippen molar-refractivity contribution >= 4 is 23.2 Å². The number of aromatic nitrogens is 4. The van der Waals surface area contributed by atoms with Crippen molar-refractivity contribution in [1.29, 1.82) is 0 Å². The number of fused-ring (bicyclic) bond motifs is 5. The van der Waals surface area contributed by atoms with E-state index in [1.165, 1.54) is 0 Å². The van der Waals surface area contributed by atoms with Crippen molar-refractivity contribution in [3.05, 3.63) is 23.1 Å². The SMILES string of the molecule is Nc1nn2cc(O)c3nc2c1C(=O)NCC(O)(O)COc1nc(O)c(F)c(O)c1C1C(O)C(O)CN31. The fraction of sp³-hybridized carbons (Fsp3) is 0.368. The van der Waals surface area contributed by atoms with Crippen molar-refractivity contribution in [1.82, 2.24) is 24.9 Å². The van der Waals surface area contributed by atoms with Crippen molar-refractivity contribution in [3.8, 4) is 23.3 Å². The first-order valence-corrected chi connectivity index (χ1v) is 10.4.